The number of hydrogen-bond acceptors (Lipinski definition) is 6. The summed E-state index contributed by atoms with van der Waals surface area (Å²) in [6, 6.07) is 12.8. The summed E-state index contributed by atoms with van der Waals surface area (Å²) in [5.74, 6) is -2.50. The zero-order valence-corrected chi connectivity index (χ0v) is 27.8. The molecule has 1 aromatic heterocycles. The van der Waals surface area contributed by atoms with E-state index in [-0.39, 0.29) is 54.2 Å². The van der Waals surface area contributed by atoms with Crippen molar-refractivity contribution in [3.8, 4) is 0 Å². The number of rotatable bonds is 7. The lowest BCUT2D eigenvalue weighted by Crippen LogP contribution is -2.52. The number of fused-ring (bicyclic) bond motifs is 2. The van der Waals surface area contributed by atoms with Gasteiger partial charge in [-0.3, -0.25) is 19.3 Å². The predicted molar refractivity (Wildman–Crippen MR) is 178 cm³/mol. The highest BCUT2D eigenvalue weighted by atomic mass is 19.4. The van der Waals surface area contributed by atoms with Crippen molar-refractivity contribution in [2.24, 2.45) is 5.92 Å². The quantitative estimate of drug-likeness (QED) is 0.259. The molecular weight excluding hydrogens is 640 g/mol. The Morgan fingerprint density at radius 3 is 2.45 bits per heavy atom. The van der Waals surface area contributed by atoms with Crippen molar-refractivity contribution in [2.75, 3.05) is 62.0 Å². The molecule has 0 saturated carbocycles. The lowest BCUT2D eigenvalue weighted by Gasteiger charge is -2.40. The minimum atomic E-state index is -4.68. The molecule has 3 amide bonds. The van der Waals surface area contributed by atoms with Crippen molar-refractivity contribution in [1.29, 1.82) is 0 Å². The summed E-state index contributed by atoms with van der Waals surface area (Å²) in [4.78, 5) is 52.4. The number of amides is 3. The molecule has 2 aromatic carbocycles. The fourth-order valence-electron chi connectivity index (χ4n) is 7.10. The van der Waals surface area contributed by atoms with Crippen LogP contribution in [-0.4, -0.2) is 85.9 Å². The molecule has 0 N–H and O–H groups in total. The Kier molecular flexibility index (Phi) is 8.99. The maximum absolute atomic E-state index is 15.7. The van der Waals surface area contributed by atoms with Gasteiger partial charge < -0.3 is 19.6 Å². The van der Waals surface area contributed by atoms with Crippen LogP contribution in [0.15, 0.2) is 66.7 Å². The van der Waals surface area contributed by atoms with E-state index in [9.17, 15) is 27.6 Å². The number of likely N-dealkylation sites (tertiary alicyclic amines) is 1. The number of para-hydroxylation sites is 1. The van der Waals surface area contributed by atoms with Gasteiger partial charge in [0.15, 0.2) is 0 Å². The van der Waals surface area contributed by atoms with Gasteiger partial charge in [-0.25, -0.2) is 9.37 Å². The second-order valence-corrected chi connectivity index (χ2v) is 13.4. The SMILES string of the molecule is C=C(CN(C)C)C(=O)N1CC(c2cccc(CN3C[C@H]4CC(=O)N(c5cc(C(F)(F)F)cc(C)n5)[C@@H]4C(=O)N(C)c4cccc(F)c43)c2)C1. The lowest BCUT2D eigenvalue weighted by molar-refractivity contribution is -0.137. The topological polar surface area (TPSA) is 80.3 Å². The lowest BCUT2D eigenvalue weighted by atomic mass is 9.89. The van der Waals surface area contributed by atoms with Gasteiger partial charge in [0.25, 0.3) is 5.91 Å². The third-order valence-electron chi connectivity index (χ3n) is 9.40. The van der Waals surface area contributed by atoms with Crippen molar-refractivity contribution in [2.45, 2.75) is 38.0 Å². The Balaban J connectivity index is 1.30. The number of benzene rings is 2. The van der Waals surface area contributed by atoms with Crippen LogP contribution in [0, 0.1) is 18.7 Å². The molecule has 3 aliphatic heterocycles. The zero-order chi connectivity index (χ0) is 35.4. The van der Waals surface area contributed by atoms with E-state index in [2.05, 4.69) is 11.6 Å². The molecule has 13 heteroatoms. The highest BCUT2D eigenvalue weighted by molar-refractivity contribution is 6.10. The molecule has 0 spiro atoms. The normalized spacial score (nSPS) is 19.9. The largest absolute Gasteiger partial charge is 0.416 e. The summed E-state index contributed by atoms with van der Waals surface area (Å²) in [5, 5.41) is 0. The van der Waals surface area contributed by atoms with Crippen LogP contribution >= 0.6 is 0 Å². The first-order chi connectivity index (χ1) is 23.1. The van der Waals surface area contributed by atoms with Crippen LogP contribution in [0.2, 0.25) is 0 Å². The zero-order valence-electron chi connectivity index (χ0n) is 27.8. The molecule has 2 fully saturated rings. The number of halogens is 4. The van der Waals surface area contributed by atoms with E-state index in [4.69, 9.17) is 0 Å². The summed E-state index contributed by atoms with van der Waals surface area (Å²) in [5.41, 5.74) is 1.97. The van der Waals surface area contributed by atoms with Gasteiger partial charge in [-0.2, -0.15) is 13.2 Å². The minimum absolute atomic E-state index is 0.0547. The van der Waals surface area contributed by atoms with Gasteiger partial charge in [0.2, 0.25) is 11.8 Å². The maximum atomic E-state index is 15.7. The molecule has 0 aliphatic carbocycles. The number of alkyl halides is 3. The molecule has 3 aliphatic rings. The van der Waals surface area contributed by atoms with Gasteiger partial charge in [-0.15, -0.1) is 0 Å². The standard InChI is InChI=1S/C36H38F4N6O3/c1-21(16-42(3)4)34(48)45-19-26(20-45)24-9-6-8-23(13-24)17-44-18-25-14-31(47)46(30-15-27(36(38,39)40)12-22(2)41-30)32(25)35(49)43(5)29-11-7-10-28(37)33(29)44/h6-13,15,25-26,32H,1,14,16-20H2,2-5H3/t25-,32+/m1/s1. The number of hydrogen-bond donors (Lipinski definition) is 0. The van der Waals surface area contributed by atoms with Crippen LogP contribution in [-0.2, 0) is 27.1 Å². The summed E-state index contributed by atoms with van der Waals surface area (Å²) in [6.45, 7) is 7.22. The molecule has 6 rings (SSSR count). The first-order valence-electron chi connectivity index (χ1n) is 16.0. The van der Waals surface area contributed by atoms with Gasteiger partial charge in [0.1, 0.15) is 17.7 Å². The van der Waals surface area contributed by atoms with Gasteiger partial charge in [-0.1, -0.05) is 36.9 Å². The van der Waals surface area contributed by atoms with E-state index < -0.39 is 41.3 Å². The summed E-state index contributed by atoms with van der Waals surface area (Å²) < 4.78 is 56.9. The Hall–Kier alpha value is -4.78. The number of pyridine rings is 1. The number of carbonyl (C=O) groups is 3. The van der Waals surface area contributed by atoms with Crippen LogP contribution in [0.1, 0.15) is 34.7 Å². The molecule has 49 heavy (non-hydrogen) atoms. The van der Waals surface area contributed by atoms with E-state index in [1.807, 2.05) is 43.3 Å². The average Bonchev–Trinajstić information content (AvgIpc) is 3.32. The average molecular weight is 679 g/mol. The van der Waals surface area contributed by atoms with Crippen LogP contribution in [0.3, 0.4) is 0 Å². The van der Waals surface area contributed by atoms with Crippen molar-refractivity contribution in [3.05, 3.63) is 95.0 Å². The molecule has 4 heterocycles. The fourth-order valence-corrected chi connectivity index (χ4v) is 7.10. The van der Waals surface area contributed by atoms with Crippen LogP contribution in [0.4, 0.5) is 34.8 Å². The molecule has 2 saturated heterocycles. The third kappa shape index (κ3) is 6.63. The highest BCUT2D eigenvalue weighted by Gasteiger charge is 2.49. The summed E-state index contributed by atoms with van der Waals surface area (Å²) >= 11 is 0. The van der Waals surface area contributed by atoms with Gasteiger partial charge in [0, 0.05) is 69.3 Å². The second-order valence-electron chi connectivity index (χ2n) is 13.4. The predicted octanol–water partition coefficient (Wildman–Crippen LogP) is 5.00. The van der Waals surface area contributed by atoms with E-state index in [1.54, 1.807) is 15.9 Å². The summed E-state index contributed by atoms with van der Waals surface area (Å²) in [6.07, 6.45) is -4.81. The monoisotopic (exact) mass is 678 g/mol. The van der Waals surface area contributed by atoms with Crippen molar-refractivity contribution < 1.29 is 31.9 Å². The molecule has 2 atom stereocenters. The summed E-state index contributed by atoms with van der Waals surface area (Å²) in [7, 11) is 5.23. The fraction of sp³-hybridized carbons (Fsp3) is 0.389. The molecule has 9 nitrogen and oxygen atoms in total. The van der Waals surface area contributed by atoms with Gasteiger partial charge in [0.05, 0.1) is 16.9 Å². The number of anilines is 3. The second kappa shape index (κ2) is 12.9. The first-order valence-corrected chi connectivity index (χ1v) is 16.0. The van der Waals surface area contributed by atoms with Crippen molar-refractivity contribution in [3.63, 3.8) is 0 Å². The Morgan fingerprint density at radius 2 is 1.76 bits per heavy atom. The van der Waals surface area contributed by atoms with Gasteiger partial charge in [-0.05, 0) is 56.4 Å². The van der Waals surface area contributed by atoms with Crippen molar-refractivity contribution in [1.82, 2.24) is 14.8 Å². The third-order valence-corrected chi connectivity index (χ3v) is 9.40. The number of carbonyl (C=O) groups excluding carboxylic acids is 3. The number of aromatic nitrogens is 1. The smallest absolute Gasteiger partial charge is 0.363 e. The van der Waals surface area contributed by atoms with Crippen molar-refractivity contribution >= 4 is 34.9 Å². The van der Waals surface area contributed by atoms with E-state index >= 15 is 4.39 Å². The van der Waals surface area contributed by atoms with E-state index in [1.165, 1.54) is 31.0 Å². The number of likely N-dealkylation sites (N-methyl/N-ethyl adjacent to an activating group) is 2. The molecule has 258 valence electrons. The Labute approximate surface area is 282 Å². The maximum Gasteiger partial charge on any atom is 0.416 e. The molecule has 0 unspecified atom stereocenters. The van der Waals surface area contributed by atoms with E-state index in [0.29, 0.717) is 25.2 Å². The highest BCUT2D eigenvalue weighted by Crippen LogP contribution is 2.42. The molecule has 0 radical (unpaired) electrons. The first kappa shape index (κ1) is 34.1. The number of aryl methyl sites for hydroxylation is 1. The Morgan fingerprint density at radius 1 is 1.04 bits per heavy atom. The minimum Gasteiger partial charge on any atom is -0.363 e. The number of nitrogens with zero attached hydrogens (tertiary/aromatic N) is 6. The molecular formula is C36H38F4N6O3. The molecule has 3 aromatic rings. The van der Waals surface area contributed by atoms with Crippen LogP contribution in [0.5, 0.6) is 0 Å². The Bertz CT molecular complexity index is 1820. The molecule has 0 bridgehead atoms. The van der Waals surface area contributed by atoms with Crippen LogP contribution < -0.4 is 14.7 Å². The van der Waals surface area contributed by atoms with Crippen LogP contribution in [0.25, 0.3) is 0 Å². The van der Waals surface area contributed by atoms with Gasteiger partial charge >= 0.3 is 6.18 Å². The van der Waals surface area contributed by atoms with E-state index in [0.717, 1.165) is 28.2 Å².